The Morgan fingerprint density at radius 2 is 1.69 bits per heavy atom. The van der Waals surface area contributed by atoms with E-state index < -0.39 is 0 Å². The highest BCUT2D eigenvalue weighted by Gasteiger charge is 2.21. The lowest BCUT2D eigenvalue weighted by atomic mass is 9.97. The van der Waals surface area contributed by atoms with Crippen molar-refractivity contribution in [1.29, 1.82) is 0 Å². The molecule has 0 heterocycles. The van der Waals surface area contributed by atoms with Gasteiger partial charge in [-0.3, -0.25) is 0 Å². The van der Waals surface area contributed by atoms with Crippen LogP contribution in [0, 0.1) is 0 Å². The van der Waals surface area contributed by atoms with E-state index >= 15 is 0 Å². The molecule has 0 spiro atoms. The molecule has 2 aromatic carbocycles. The molecule has 0 aromatic heterocycles. The predicted molar refractivity (Wildman–Crippen MR) is 65.3 cm³/mol. The number of rotatable bonds is 1. The Bertz CT molecular complexity index is 502. The molecule has 1 atom stereocenters. The summed E-state index contributed by atoms with van der Waals surface area (Å²) in [5.41, 5.74) is 5.14. The first-order valence-electron chi connectivity index (χ1n) is 5.69. The van der Waals surface area contributed by atoms with Crippen LogP contribution >= 0.6 is 0 Å². The van der Waals surface area contributed by atoms with E-state index in [0.717, 1.165) is 12.8 Å². The second kappa shape index (κ2) is 3.76. The molecule has 3 rings (SSSR count). The lowest BCUT2D eigenvalue weighted by Crippen LogP contribution is -2.03. The highest BCUT2D eigenvalue weighted by atomic mass is 16.3. The molecule has 0 amide bonds. The molecule has 1 nitrogen and oxygen atoms in total. The van der Waals surface area contributed by atoms with Gasteiger partial charge in [-0.2, -0.15) is 0 Å². The van der Waals surface area contributed by atoms with Crippen LogP contribution in [0.3, 0.4) is 0 Å². The fraction of sp³-hybridized carbons (Fsp3) is 0.200. The monoisotopic (exact) mass is 210 g/mol. The van der Waals surface area contributed by atoms with E-state index in [4.69, 9.17) is 0 Å². The van der Waals surface area contributed by atoms with Gasteiger partial charge >= 0.3 is 0 Å². The topological polar surface area (TPSA) is 20.2 Å². The second-order valence-corrected chi connectivity index (χ2v) is 4.37. The third-order valence-corrected chi connectivity index (χ3v) is 3.25. The van der Waals surface area contributed by atoms with Crippen LogP contribution in [0.4, 0.5) is 0 Å². The van der Waals surface area contributed by atoms with E-state index in [-0.39, 0.29) is 6.10 Å². The van der Waals surface area contributed by atoms with Crippen LogP contribution in [0.15, 0.2) is 48.5 Å². The van der Waals surface area contributed by atoms with Gasteiger partial charge in [0.2, 0.25) is 0 Å². The third-order valence-electron chi connectivity index (χ3n) is 3.25. The fourth-order valence-corrected chi connectivity index (χ4v) is 2.52. The molecule has 1 aliphatic carbocycles. The summed E-state index contributed by atoms with van der Waals surface area (Å²) < 4.78 is 0. The summed E-state index contributed by atoms with van der Waals surface area (Å²) in [7, 11) is 0. The van der Waals surface area contributed by atoms with Crippen molar-refractivity contribution in [3.63, 3.8) is 0 Å². The minimum absolute atomic E-state index is 0.195. The maximum atomic E-state index is 9.72. The highest BCUT2D eigenvalue weighted by Crippen LogP contribution is 2.32. The van der Waals surface area contributed by atoms with Crippen LogP contribution < -0.4 is 0 Å². The first-order chi connectivity index (χ1) is 7.84. The van der Waals surface area contributed by atoms with Gasteiger partial charge in [0.05, 0.1) is 6.10 Å². The fourth-order valence-electron chi connectivity index (χ4n) is 2.52. The molecule has 0 aliphatic heterocycles. The van der Waals surface area contributed by atoms with Gasteiger partial charge in [-0.15, -0.1) is 0 Å². The lowest BCUT2D eigenvalue weighted by molar-refractivity contribution is 0.187. The molecule has 0 radical (unpaired) electrons. The van der Waals surface area contributed by atoms with E-state index in [0.29, 0.717) is 0 Å². The number of hydrogen-bond acceptors (Lipinski definition) is 1. The normalized spacial score (nSPS) is 18.4. The Balaban J connectivity index is 2.14. The minimum Gasteiger partial charge on any atom is -0.392 e. The number of hydrogen-bond donors (Lipinski definition) is 1. The van der Waals surface area contributed by atoms with Gasteiger partial charge in [0, 0.05) is 0 Å². The predicted octanol–water partition coefficient (Wildman–Crippen LogP) is 2.81. The van der Waals surface area contributed by atoms with Crippen LogP contribution in [0.1, 0.15) is 11.1 Å². The van der Waals surface area contributed by atoms with Crippen LogP contribution in [-0.4, -0.2) is 11.2 Å². The molecular formula is C15H14O. The van der Waals surface area contributed by atoms with E-state index in [1.54, 1.807) is 0 Å². The number of aliphatic hydroxyl groups excluding tert-OH is 1. The maximum Gasteiger partial charge on any atom is 0.0621 e. The van der Waals surface area contributed by atoms with Gasteiger partial charge in [0.25, 0.3) is 0 Å². The standard InChI is InChI=1S/C15H14O/c16-13-9-12-7-4-8-14(15(12)10-13)11-5-2-1-3-6-11/h1-8,13,16H,9-10H2/t13-/m0/s1. The van der Waals surface area contributed by atoms with Crippen molar-refractivity contribution < 1.29 is 5.11 Å². The van der Waals surface area contributed by atoms with E-state index in [1.165, 1.54) is 22.3 Å². The number of aliphatic hydroxyl groups is 1. The quantitative estimate of drug-likeness (QED) is 0.767. The molecule has 2 aromatic rings. The summed E-state index contributed by atoms with van der Waals surface area (Å²) >= 11 is 0. The van der Waals surface area contributed by atoms with Crippen LogP contribution in [0.5, 0.6) is 0 Å². The largest absolute Gasteiger partial charge is 0.392 e. The summed E-state index contributed by atoms with van der Waals surface area (Å²) in [6.07, 6.45) is 1.40. The second-order valence-electron chi connectivity index (χ2n) is 4.37. The summed E-state index contributed by atoms with van der Waals surface area (Å²) in [6.45, 7) is 0. The molecule has 0 saturated carbocycles. The van der Waals surface area contributed by atoms with Gasteiger partial charge in [-0.1, -0.05) is 48.5 Å². The molecule has 16 heavy (non-hydrogen) atoms. The molecule has 1 aliphatic rings. The zero-order valence-electron chi connectivity index (χ0n) is 9.06. The first kappa shape index (κ1) is 9.61. The third kappa shape index (κ3) is 1.54. The Hall–Kier alpha value is -1.60. The average molecular weight is 210 g/mol. The summed E-state index contributed by atoms with van der Waals surface area (Å²) in [5.74, 6) is 0. The van der Waals surface area contributed by atoms with E-state index in [2.05, 4.69) is 42.5 Å². The smallest absolute Gasteiger partial charge is 0.0621 e. The summed E-state index contributed by atoms with van der Waals surface area (Å²) in [6, 6.07) is 16.7. The SMILES string of the molecule is O[C@H]1Cc2cccc(-c3ccccc3)c2C1. The van der Waals surface area contributed by atoms with Crippen molar-refractivity contribution in [1.82, 2.24) is 0 Å². The van der Waals surface area contributed by atoms with Gasteiger partial charge in [0.15, 0.2) is 0 Å². The molecule has 0 fully saturated rings. The van der Waals surface area contributed by atoms with Gasteiger partial charge in [-0.05, 0) is 35.1 Å². The van der Waals surface area contributed by atoms with Crippen molar-refractivity contribution >= 4 is 0 Å². The van der Waals surface area contributed by atoms with Crippen molar-refractivity contribution in [3.05, 3.63) is 59.7 Å². The van der Waals surface area contributed by atoms with Crippen LogP contribution in [0.2, 0.25) is 0 Å². The van der Waals surface area contributed by atoms with E-state index in [9.17, 15) is 5.11 Å². The Morgan fingerprint density at radius 1 is 0.875 bits per heavy atom. The Morgan fingerprint density at radius 3 is 2.50 bits per heavy atom. The molecule has 1 N–H and O–H groups in total. The summed E-state index contributed by atoms with van der Waals surface area (Å²) in [5, 5.41) is 9.72. The summed E-state index contributed by atoms with van der Waals surface area (Å²) in [4.78, 5) is 0. The average Bonchev–Trinajstić information content (AvgIpc) is 2.70. The van der Waals surface area contributed by atoms with Gasteiger partial charge < -0.3 is 5.11 Å². The molecule has 1 heteroatoms. The molecular weight excluding hydrogens is 196 g/mol. The first-order valence-corrected chi connectivity index (χ1v) is 5.69. The highest BCUT2D eigenvalue weighted by molar-refractivity contribution is 5.69. The van der Waals surface area contributed by atoms with E-state index in [1.807, 2.05) is 6.07 Å². The van der Waals surface area contributed by atoms with Crippen molar-refractivity contribution in [2.75, 3.05) is 0 Å². The van der Waals surface area contributed by atoms with Crippen molar-refractivity contribution in [2.24, 2.45) is 0 Å². The number of fused-ring (bicyclic) bond motifs is 1. The number of benzene rings is 2. The molecule has 0 unspecified atom stereocenters. The zero-order chi connectivity index (χ0) is 11.0. The molecule has 0 saturated heterocycles. The Labute approximate surface area is 95.4 Å². The minimum atomic E-state index is -0.195. The van der Waals surface area contributed by atoms with Gasteiger partial charge in [0.1, 0.15) is 0 Å². The van der Waals surface area contributed by atoms with Crippen LogP contribution in [0.25, 0.3) is 11.1 Å². The zero-order valence-corrected chi connectivity index (χ0v) is 9.06. The maximum absolute atomic E-state index is 9.72. The van der Waals surface area contributed by atoms with Crippen molar-refractivity contribution in [3.8, 4) is 11.1 Å². The van der Waals surface area contributed by atoms with Crippen LogP contribution in [-0.2, 0) is 12.8 Å². The van der Waals surface area contributed by atoms with Gasteiger partial charge in [-0.25, -0.2) is 0 Å². The lowest BCUT2D eigenvalue weighted by Gasteiger charge is -2.08. The molecule has 0 bridgehead atoms. The Kier molecular flexibility index (Phi) is 2.26. The molecule has 80 valence electrons. The van der Waals surface area contributed by atoms with Crippen molar-refractivity contribution in [2.45, 2.75) is 18.9 Å².